The molecular weight excluding hydrogens is 442 g/mol. The van der Waals surface area contributed by atoms with Crippen molar-refractivity contribution in [2.24, 2.45) is 5.10 Å². The van der Waals surface area contributed by atoms with Gasteiger partial charge in [-0.3, -0.25) is 15.4 Å². The summed E-state index contributed by atoms with van der Waals surface area (Å²) in [6.07, 6.45) is 6.81. The number of fused-ring (bicyclic) bond motifs is 2. The molecule has 10 heteroatoms. The van der Waals surface area contributed by atoms with Crippen molar-refractivity contribution in [1.29, 1.82) is 0 Å². The van der Waals surface area contributed by atoms with Crippen LogP contribution in [-0.4, -0.2) is 62.1 Å². The highest BCUT2D eigenvalue weighted by atomic mass is 16.5. The van der Waals surface area contributed by atoms with Crippen molar-refractivity contribution in [2.45, 2.75) is 13.8 Å². The van der Waals surface area contributed by atoms with Gasteiger partial charge in [-0.05, 0) is 37.1 Å². The summed E-state index contributed by atoms with van der Waals surface area (Å²) in [5.41, 5.74) is 9.80. The van der Waals surface area contributed by atoms with Crippen LogP contribution in [0.15, 0.2) is 54.0 Å². The topological polar surface area (TPSA) is 109 Å². The van der Waals surface area contributed by atoms with E-state index >= 15 is 0 Å². The predicted molar refractivity (Wildman–Crippen MR) is 136 cm³/mol. The second-order valence-corrected chi connectivity index (χ2v) is 8.54. The van der Waals surface area contributed by atoms with Gasteiger partial charge < -0.3 is 14.6 Å². The van der Waals surface area contributed by atoms with Gasteiger partial charge in [0.1, 0.15) is 17.2 Å². The average molecular weight is 468 g/mol. The summed E-state index contributed by atoms with van der Waals surface area (Å²) in [5, 5.41) is 10.4. The molecule has 10 nitrogen and oxygen atoms in total. The Morgan fingerprint density at radius 2 is 1.97 bits per heavy atom. The van der Waals surface area contributed by atoms with E-state index in [-0.39, 0.29) is 0 Å². The van der Waals surface area contributed by atoms with Crippen molar-refractivity contribution in [2.75, 3.05) is 36.6 Å². The minimum atomic E-state index is 0.635. The molecule has 0 atom stereocenters. The molecule has 35 heavy (non-hydrogen) atoms. The molecule has 0 radical (unpaired) electrons. The molecule has 5 heterocycles. The smallest absolute Gasteiger partial charge is 0.160 e. The van der Waals surface area contributed by atoms with E-state index in [4.69, 9.17) is 14.8 Å². The first-order valence-corrected chi connectivity index (χ1v) is 11.5. The molecule has 6 rings (SSSR count). The molecule has 1 saturated heterocycles. The number of ether oxygens (including phenoxy) is 1. The van der Waals surface area contributed by atoms with E-state index < -0.39 is 0 Å². The fourth-order valence-corrected chi connectivity index (χ4v) is 4.32. The van der Waals surface area contributed by atoms with E-state index in [1.54, 1.807) is 18.6 Å². The predicted octanol–water partition coefficient (Wildman–Crippen LogP) is 3.57. The molecule has 2 N–H and O–H groups in total. The first-order chi connectivity index (χ1) is 17.2. The van der Waals surface area contributed by atoms with Crippen molar-refractivity contribution in [3.8, 4) is 11.4 Å². The molecule has 1 aliphatic heterocycles. The minimum Gasteiger partial charge on any atom is -0.378 e. The molecule has 0 saturated carbocycles. The lowest BCUT2D eigenvalue weighted by Gasteiger charge is -2.29. The van der Waals surface area contributed by atoms with Crippen LogP contribution in [0.3, 0.4) is 0 Å². The third-order valence-corrected chi connectivity index (χ3v) is 6.29. The Bertz CT molecular complexity index is 1530. The zero-order valence-corrected chi connectivity index (χ0v) is 19.6. The van der Waals surface area contributed by atoms with Gasteiger partial charge in [0.05, 0.1) is 25.6 Å². The largest absolute Gasteiger partial charge is 0.378 e. The van der Waals surface area contributed by atoms with Gasteiger partial charge in [-0.15, -0.1) is 0 Å². The van der Waals surface area contributed by atoms with Crippen LogP contribution in [0, 0.1) is 13.8 Å². The summed E-state index contributed by atoms with van der Waals surface area (Å²) in [7, 11) is 0. The Morgan fingerprint density at radius 1 is 1.09 bits per heavy atom. The Hall–Kier alpha value is -4.31. The lowest BCUT2D eigenvalue weighted by Crippen LogP contribution is -2.37. The highest BCUT2D eigenvalue weighted by Gasteiger charge is 2.18. The number of aromatic nitrogens is 6. The third-order valence-electron chi connectivity index (χ3n) is 6.29. The van der Waals surface area contributed by atoms with Gasteiger partial charge >= 0.3 is 0 Å². The van der Waals surface area contributed by atoms with E-state index in [2.05, 4.69) is 56.4 Å². The van der Waals surface area contributed by atoms with Crippen LogP contribution in [0.4, 0.5) is 11.6 Å². The van der Waals surface area contributed by atoms with Gasteiger partial charge in [0.25, 0.3) is 0 Å². The number of nitrogens with zero attached hydrogens (tertiary/aromatic N) is 7. The number of rotatable bonds is 5. The zero-order valence-electron chi connectivity index (χ0n) is 19.6. The molecule has 0 spiro atoms. The highest BCUT2D eigenvalue weighted by molar-refractivity contribution is 5.91. The third kappa shape index (κ3) is 4.08. The number of hydrogen-bond donors (Lipinski definition) is 2. The minimum absolute atomic E-state index is 0.635. The summed E-state index contributed by atoms with van der Waals surface area (Å²) in [6, 6.07) is 10.1. The number of benzene rings is 1. The number of morpholine rings is 1. The molecule has 176 valence electrons. The standard InChI is InChI=1S/C25H25N9O/c1-16-17(2)29-20-4-3-18(11-19(16)20)14-28-31-23-13-25(33-7-9-35-10-8-33)34-24(30-23)12-21(32-34)22-15-26-5-6-27-22/h3-6,11-15,29H,7-10H2,1-2H3,(H,30,31)/b28-14+. The van der Waals surface area contributed by atoms with E-state index in [9.17, 15) is 0 Å². The summed E-state index contributed by atoms with van der Waals surface area (Å²) >= 11 is 0. The molecular formula is C25H25N9O. The van der Waals surface area contributed by atoms with Crippen LogP contribution >= 0.6 is 0 Å². The normalized spacial score (nSPS) is 14.4. The lowest BCUT2D eigenvalue weighted by molar-refractivity contribution is 0.122. The Kier molecular flexibility index (Phi) is 5.34. The van der Waals surface area contributed by atoms with Crippen LogP contribution in [0.5, 0.6) is 0 Å². The van der Waals surface area contributed by atoms with Crippen molar-refractivity contribution in [1.82, 2.24) is 29.5 Å². The van der Waals surface area contributed by atoms with Crippen molar-refractivity contribution in [3.05, 3.63) is 65.7 Å². The van der Waals surface area contributed by atoms with Gasteiger partial charge in [0.15, 0.2) is 11.5 Å². The molecule has 1 fully saturated rings. The van der Waals surface area contributed by atoms with Gasteiger partial charge in [-0.1, -0.05) is 6.07 Å². The van der Waals surface area contributed by atoms with Crippen LogP contribution in [0.2, 0.25) is 0 Å². The molecule has 4 aromatic heterocycles. The summed E-state index contributed by atoms with van der Waals surface area (Å²) in [4.78, 5) is 18.9. The maximum Gasteiger partial charge on any atom is 0.160 e. The molecule has 0 unspecified atom stereocenters. The number of aromatic amines is 1. The highest BCUT2D eigenvalue weighted by Crippen LogP contribution is 2.25. The van der Waals surface area contributed by atoms with Crippen LogP contribution < -0.4 is 10.3 Å². The second kappa shape index (κ2) is 8.80. The maximum atomic E-state index is 5.55. The van der Waals surface area contributed by atoms with Gasteiger partial charge in [-0.25, -0.2) is 4.98 Å². The molecule has 0 bridgehead atoms. The van der Waals surface area contributed by atoms with Crippen LogP contribution in [-0.2, 0) is 4.74 Å². The van der Waals surface area contributed by atoms with Crippen LogP contribution in [0.25, 0.3) is 27.9 Å². The summed E-state index contributed by atoms with van der Waals surface area (Å²) in [5.74, 6) is 1.56. The van der Waals surface area contributed by atoms with Crippen molar-refractivity contribution >= 4 is 34.4 Å². The lowest BCUT2D eigenvalue weighted by atomic mass is 10.1. The van der Waals surface area contributed by atoms with Crippen molar-refractivity contribution in [3.63, 3.8) is 0 Å². The monoisotopic (exact) mass is 467 g/mol. The average Bonchev–Trinajstić information content (AvgIpc) is 3.45. The summed E-state index contributed by atoms with van der Waals surface area (Å²) in [6.45, 7) is 7.10. The second-order valence-electron chi connectivity index (χ2n) is 8.54. The number of hydrazone groups is 1. The molecule has 1 aliphatic rings. The number of anilines is 2. The maximum absolute atomic E-state index is 5.55. The fourth-order valence-electron chi connectivity index (χ4n) is 4.32. The Morgan fingerprint density at radius 3 is 2.80 bits per heavy atom. The van der Waals surface area contributed by atoms with Crippen molar-refractivity contribution < 1.29 is 4.74 Å². The Labute approximate surface area is 201 Å². The van der Waals surface area contributed by atoms with Gasteiger partial charge in [-0.2, -0.15) is 14.7 Å². The van der Waals surface area contributed by atoms with E-state index in [0.717, 1.165) is 30.0 Å². The SMILES string of the molecule is Cc1[nH]c2ccc(/C=N/Nc3cc(N4CCOCC4)n4nc(-c5cnccn5)cc4n3)cc2c1C. The first-order valence-electron chi connectivity index (χ1n) is 11.5. The van der Waals surface area contributed by atoms with Crippen LogP contribution in [0.1, 0.15) is 16.8 Å². The number of nitrogens with one attached hydrogen (secondary N) is 2. The fraction of sp³-hybridized carbons (Fsp3) is 0.240. The van der Waals surface area contributed by atoms with Gasteiger partial charge in [0, 0.05) is 54.2 Å². The number of aryl methyl sites for hydroxylation is 2. The van der Waals surface area contributed by atoms with E-state index in [0.29, 0.717) is 36.1 Å². The Balaban J connectivity index is 1.33. The van der Waals surface area contributed by atoms with E-state index in [1.807, 2.05) is 28.9 Å². The molecule has 1 aromatic carbocycles. The van der Waals surface area contributed by atoms with E-state index in [1.165, 1.54) is 16.6 Å². The summed E-state index contributed by atoms with van der Waals surface area (Å²) < 4.78 is 7.39. The first kappa shape index (κ1) is 21.2. The molecule has 5 aromatic rings. The number of H-pyrrole nitrogens is 1. The number of hydrogen-bond acceptors (Lipinski definition) is 8. The molecule has 0 amide bonds. The quantitative estimate of drug-likeness (QED) is 0.300. The zero-order chi connectivity index (χ0) is 23.8. The van der Waals surface area contributed by atoms with Gasteiger partial charge in [0.2, 0.25) is 0 Å². The molecule has 0 aliphatic carbocycles.